The standard InChI is InChI=1S/C8H5ClFN3O/c1-4-7(10)8(14)13-6(11-4)3-2-5(9)12-13/h2-3H,1H3. The smallest absolute Gasteiger partial charge is 0.264 e. The van der Waals surface area contributed by atoms with Gasteiger partial charge in [0.05, 0.1) is 5.69 Å². The summed E-state index contributed by atoms with van der Waals surface area (Å²) < 4.78 is 14.0. The molecule has 0 saturated heterocycles. The lowest BCUT2D eigenvalue weighted by atomic mass is 10.4. The van der Waals surface area contributed by atoms with E-state index in [1.54, 1.807) is 0 Å². The van der Waals surface area contributed by atoms with E-state index in [4.69, 9.17) is 11.6 Å². The monoisotopic (exact) mass is 213 g/mol. The molecule has 0 aliphatic carbocycles. The zero-order valence-electron chi connectivity index (χ0n) is 7.16. The van der Waals surface area contributed by atoms with Gasteiger partial charge in [0.25, 0.3) is 0 Å². The van der Waals surface area contributed by atoms with Crippen LogP contribution < -0.4 is 5.56 Å². The number of nitrogens with zero attached hydrogens (tertiary/aromatic N) is 3. The van der Waals surface area contributed by atoms with Gasteiger partial charge in [-0.1, -0.05) is 11.6 Å². The number of halogens is 2. The van der Waals surface area contributed by atoms with Gasteiger partial charge < -0.3 is 0 Å². The van der Waals surface area contributed by atoms with Crippen LogP contribution in [0.4, 0.5) is 4.39 Å². The SMILES string of the molecule is Cc1nc2ccc(Cl)nn2c(=O)c1F. The third-order valence-electron chi connectivity index (χ3n) is 1.76. The maximum Gasteiger partial charge on any atom is 0.310 e. The van der Waals surface area contributed by atoms with Gasteiger partial charge in [-0.2, -0.15) is 14.0 Å². The van der Waals surface area contributed by atoms with Crippen molar-refractivity contribution >= 4 is 17.2 Å². The number of aromatic nitrogens is 3. The van der Waals surface area contributed by atoms with Crippen molar-refractivity contribution in [3.05, 3.63) is 39.2 Å². The first-order valence-corrected chi connectivity index (χ1v) is 4.19. The topological polar surface area (TPSA) is 47.3 Å². The van der Waals surface area contributed by atoms with Gasteiger partial charge in [-0.05, 0) is 19.1 Å². The largest absolute Gasteiger partial charge is 0.310 e. The highest BCUT2D eigenvalue weighted by atomic mass is 35.5. The second-order valence-corrected chi connectivity index (χ2v) is 3.13. The van der Waals surface area contributed by atoms with E-state index in [9.17, 15) is 9.18 Å². The summed E-state index contributed by atoms with van der Waals surface area (Å²) in [5.41, 5.74) is -0.507. The van der Waals surface area contributed by atoms with Crippen LogP contribution in [0.25, 0.3) is 5.65 Å². The predicted octanol–water partition coefficient (Wildman–Crippen LogP) is 1.19. The second-order valence-electron chi connectivity index (χ2n) is 2.74. The minimum absolute atomic E-state index is 0.0547. The Morgan fingerprint density at radius 2 is 2.21 bits per heavy atom. The number of fused-ring (bicyclic) bond motifs is 1. The molecule has 14 heavy (non-hydrogen) atoms. The lowest BCUT2D eigenvalue weighted by molar-refractivity contribution is 0.577. The molecule has 0 bridgehead atoms. The summed E-state index contributed by atoms with van der Waals surface area (Å²) in [6, 6.07) is 2.99. The van der Waals surface area contributed by atoms with E-state index < -0.39 is 11.4 Å². The summed E-state index contributed by atoms with van der Waals surface area (Å²) in [5, 5.41) is 3.76. The zero-order valence-corrected chi connectivity index (χ0v) is 7.92. The average molecular weight is 214 g/mol. The molecule has 0 amide bonds. The van der Waals surface area contributed by atoms with E-state index in [0.717, 1.165) is 4.52 Å². The van der Waals surface area contributed by atoms with E-state index in [1.165, 1.54) is 19.1 Å². The molecular formula is C8H5ClFN3O. The van der Waals surface area contributed by atoms with Gasteiger partial charge in [-0.25, -0.2) is 4.98 Å². The van der Waals surface area contributed by atoms with Crippen LogP contribution in [0.1, 0.15) is 5.69 Å². The Morgan fingerprint density at radius 1 is 1.50 bits per heavy atom. The molecule has 72 valence electrons. The minimum atomic E-state index is -0.905. The van der Waals surface area contributed by atoms with E-state index in [-0.39, 0.29) is 16.5 Å². The molecule has 2 heterocycles. The third kappa shape index (κ3) is 1.26. The van der Waals surface area contributed by atoms with Gasteiger partial charge >= 0.3 is 5.56 Å². The van der Waals surface area contributed by atoms with Crippen molar-refractivity contribution < 1.29 is 4.39 Å². The van der Waals surface area contributed by atoms with E-state index >= 15 is 0 Å². The number of aryl methyl sites for hydroxylation is 1. The Morgan fingerprint density at radius 3 is 2.93 bits per heavy atom. The highest BCUT2D eigenvalue weighted by molar-refractivity contribution is 6.29. The highest BCUT2D eigenvalue weighted by Crippen LogP contribution is 2.05. The molecule has 2 rings (SSSR count). The maximum absolute atomic E-state index is 13.1. The predicted molar refractivity (Wildman–Crippen MR) is 49.0 cm³/mol. The Balaban J connectivity index is 2.99. The molecule has 0 radical (unpaired) electrons. The number of hydrogen-bond donors (Lipinski definition) is 0. The fourth-order valence-electron chi connectivity index (χ4n) is 1.10. The average Bonchev–Trinajstić information content (AvgIpc) is 2.16. The molecular weight excluding hydrogens is 209 g/mol. The summed E-state index contributed by atoms with van der Waals surface area (Å²) in [7, 11) is 0. The van der Waals surface area contributed by atoms with Gasteiger partial charge in [-0.3, -0.25) is 4.79 Å². The van der Waals surface area contributed by atoms with Crippen LogP contribution in [0.2, 0.25) is 5.15 Å². The van der Waals surface area contributed by atoms with Gasteiger partial charge in [0.15, 0.2) is 5.65 Å². The van der Waals surface area contributed by atoms with Crippen LogP contribution >= 0.6 is 11.6 Å². The van der Waals surface area contributed by atoms with Gasteiger partial charge in [0.1, 0.15) is 5.15 Å². The first-order chi connectivity index (χ1) is 6.59. The second kappa shape index (κ2) is 3.02. The first kappa shape index (κ1) is 9.08. The Bertz CT molecular complexity index is 566. The summed E-state index contributed by atoms with van der Waals surface area (Å²) in [6.07, 6.45) is 0. The maximum atomic E-state index is 13.1. The fraction of sp³-hybridized carbons (Fsp3) is 0.125. The Hall–Kier alpha value is -1.49. The van der Waals surface area contributed by atoms with Crippen LogP contribution in [0.5, 0.6) is 0 Å². The molecule has 0 aromatic carbocycles. The molecule has 0 aliphatic heterocycles. The summed E-state index contributed by atoms with van der Waals surface area (Å²) >= 11 is 5.56. The van der Waals surface area contributed by atoms with Crippen LogP contribution in [0, 0.1) is 12.7 Å². The van der Waals surface area contributed by atoms with E-state index in [0.29, 0.717) is 0 Å². The van der Waals surface area contributed by atoms with Crippen molar-refractivity contribution in [2.24, 2.45) is 0 Å². The fourth-order valence-corrected chi connectivity index (χ4v) is 1.24. The van der Waals surface area contributed by atoms with Crippen molar-refractivity contribution in [2.45, 2.75) is 6.92 Å². The van der Waals surface area contributed by atoms with Crippen molar-refractivity contribution in [3.63, 3.8) is 0 Å². The van der Waals surface area contributed by atoms with Gasteiger partial charge in [0.2, 0.25) is 5.82 Å². The van der Waals surface area contributed by atoms with Crippen LogP contribution in [-0.2, 0) is 0 Å². The third-order valence-corrected chi connectivity index (χ3v) is 1.96. The zero-order chi connectivity index (χ0) is 10.3. The Kier molecular flexibility index (Phi) is 1.96. The minimum Gasteiger partial charge on any atom is -0.264 e. The highest BCUT2D eigenvalue weighted by Gasteiger charge is 2.09. The molecule has 0 saturated carbocycles. The molecule has 0 fully saturated rings. The molecule has 0 aliphatic rings. The summed E-state index contributed by atoms with van der Waals surface area (Å²) in [6.45, 7) is 1.42. The van der Waals surface area contributed by atoms with E-state index in [1.807, 2.05) is 0 Å². The van der Waals surface area contributed by atoms with Crippen LogP contribution in [0.3, 0.4) is 0 Å². The van der Waals surface area contributed by atoms with Crippen molar-refractivity contribution in [1.29, 1.82) is 0 Å². The molecule has 2 aromatic heterocycles. The van der Waals surface area contributed by atoms with Crippen LogP contribution in [0.15, 0.2) is 16.9 Å². The number of rotatable bonds is 0. The quantitative estimate of drug-likeness (QED) is 0.661. The lowest BCUT2D eigenvalue weighted by Gasteiger charge is -2.00. The summed E-state index contributed by atoms with van der Waals surface area (Å²) in [4.78, 5) is 15.2. The summed E-state index contributed by atoms with van der Waals surface area (Å²) in [5.74, 6) is -0.905. The van der Waals surface area contributed by atoms with Crippen LogP contribution in [-0.4, -0.2) is 14.6 Å². The molecule has 0 atom stereocenters. The normalized spacial score (nSPS) is 10.8. The van der Waals surface area contributed by atoms with Gasteiger partial charge in [-0.15, -0.1) is 0 Å². The lowest BCUT2D eigenvalue weighted by Crippen LogP contribution is -2.22. The Labute approximate surface area is 83.0 Å². The molecule has 2 aromatic rings. The molecule has 4 nitrogen and oxygen atoms in total. The molecule has 0 unspecified atom stereocenters. The molecule has 0 spiro atoms. The molecule has 6 heteroatoms. The van der Waals surface area contributed by atoms with Crippen molar-refractivity contribution in [3.8, 4) is 0 Å². The first-order valence-electron chi connectivity index (χ1n) is 3.81. The van der Waals surface area contributed by atoms with E-state index in [2.05, 4.69) is 10.1 Å². The molecule has 0 N–H and O–H groups in total. The number of hydrogen-bond acceptors (Lipinski definition) is 3. The van der Waals surface area contributed by atoms with Crippen molar-refractivity contribution in [2.75, 3.05) is 0 Å². The van der Waals surface area contributed by atoms with Crippen molar-refractivity contribution in [1.82, 2.24) is 14.6 Å². The van der Waals surface area contributed by atoms with Gasteiger partial charge in [0, 0.05) is 0 Å².